The predicted molar refractivity (Wildman–Crippen MR) is 48.0 cm³/mol. The lowest BCUT2D eigenvalue weighted by Crippen LogP contribution is -2.39. The van der Waals surface area contributed by atoms with Crippen molar-refractivity contribution in [2.24, 2.45) is 5.41 Å². The highest BCUT2D eigenvalue weighted by Crippen LogP contribution is 2.44. The van der Waals surface area contributed by atoms with E-state index in [0.717, 1.165) is 19.4 Å². The molecule has 4 nitrogen and oxygen atoms in total. The van der Waals surface area contributed by atoms with Crippen LogP contribution in [0.15, 0.2) is 0 Å². The topological polar surface area (TPSA) is 41.6 Å². The Kier molecular flexibility index (Phi) is 1.95. The molecule has 0 bridgehead atoms. The molecule has 0 radical (unpaired) electrons. The van der Waals surface area contributed by atoms with Crippen LogP contribution in [0.5, 0.6) is 0 Å². The van der Waals surface area contributed by atoms with Gasteiger partial charge >= 0.3 is 6.03 Å². The van der Waals surface area contributed by atoms with Crippen LogP contribution in [0.3, 0.4) is 0 Å². The highest BCUT2D eigenvalue weighted by atomic mass is 16.7. The summed E-state index contributed by atoms with van der Waals surface area (Å²) in [5, 5.41) is 4.37. The highest BCUT2D eigenvalue weighted by molar-refractivity contribution is 5.74. The molecular weight excluding hydrogens is 168 g/mol. The summed E-state index contributed by atoms with van der Waals surface area (Å²) < 4.78 is 0. The minimum Gasteiger partial charge on any atom is -0.333 e. The first kappa shape index (κ1) is 8.81. The molecule has 4 heteroatoms. The Labute approximate surface area is 78.2 Å². The fourth-order valence-corrected chi connectivity index (χ4v) is 1.54. The van der Waals surface area contributed by atoms with E-state index < -0.39 is 0 Å². The van der Waals surface area contributed by atoms with Crippen LogP contribution in [0.25, 0.3) is 0 Å². The van der Waals surface area contributed by atoms with Gasteiger partial charge in [0.15, 0.2) is 0 Å². The molecule has 13 heavy (non-hydrogen) atoms. The van der Waals surface area contributed by atoms with Crippen LogP contribution in [-0.2, 0) is 4.84 Å². The molecule has 1 saturated carbocycles. The Hall–Kier alpha value is -0.770. The molecule has 2 amide bonds. The third-order valence-electron chi connectivity index (χ3n) is 2.79. The maximum atomic E-state index is 11.5. The van der Waals surface area contributed by atoms with Gasteiger partial charge < -0.3 is 5.32 Å². The third-order valence-corrected chi connectivity index (χ3v) is 2.79. The van der Waals surface area contributed by atoms with Crippen LogP contribution in [0, 0.1) is 5.41 Å². The molecule has 0 spiro atoms. The van der Waals surface area contributed by atoms with E-state index in [1.165, 1.54) is 5.06 Å². The summed E-state index contributed by atoms with van der Waals surface area (Å²) in [6, 6.07) is 0.261. The Bertz CT molecular complexity index is 222. The largest absolute Gasteiger partial charge is 0.341 e. The van der Waals surface area contributed by atoms with Crippen LogP contribution in [-0.4, -0.2) is 30.3 Å². The Balaban J connectivity index is 1.79. The van der Waals surface area contributed by atoms with E-state index in [4.69, 9.17) is 4.84 Å². The van der Waals surface area contributed by atoms with Gasteiger partial charge in [-0.15, -0.1) is 0 Å². The fraction of sp³-hybridized carbons (Fsp3) is 0.889. The number of rotatable bonds is 1. The molecule has 0 aromatic carbocycles. The number of hydrogen-bond acceptors (Lipinski definition) is 2. The van der Waals surface area contributed by atoms with Crippen LogP contribution in [0.4, 0.5) is 4.79 Å². The van der Waals surface area contributed by atoms with Gasteiger partial charge in [0.05, 0.1) is 13.2 Å². The molecule has 1 saturated heterocycles. The molecule has 2 fully saturated rings. The lowest BCUT2D eigenvalue weighted by atomic mass is 10.2. The molecule has 1 heterocycles. The summed E-state index contributed by atoms with van der Waals surface area (Å²) in [4.78, 5) is 16.6. The molecular formula is C9H16N2O2. The lowest BCUT2D eigenvalue weighted by molar-refractivity contribution is -0.0665. The predicted octanol–water partition coefficient (Wildman–Crippen LogP) is 1.13. The number of amides is 2. The lowest BCUT2D eigenvalue weighted by Gasteiger charge is -2.15. The highest BCUT2D eigenvalue weighted by Gasteiger charge is 2.47. The van der Waals surface area contributed by atoms with Crippen molar-refractivity contribution < 1.29 is 9.63 Å². The van der Waals surface area contributed by atoms with Gasteiger partial charge in [0.2, 0.25) is 0 Å². The monoisotopic (exact) mass is 184 g/mol. The Morgan fingerprint density at radius 3 is 2.77 bits per heavy atom. The number of nitrogens with one attached hydrogen (secondary N) is 1. The summed E-state index contributed by atoms with van der Waals surface area (Å²) in [5.41, 5.74) is 0.287. The minimum atomic E-state index is -0.0759. The van der Waals surface area contributed by atoms with Crippen LogP contribution in [0.2, 0.25) is 0 Å². The molecule has 0 aromatic rings. The standard InChI is InChI=1S/C9H16N2O2/c1-9(2)6-7(9)10-8(12)11-4-3-5-13-11/h7H,3-6H2,1-2H3,(H,10,12). The molecule has 1 atom stereocenters. The van der Waals surface area contributed by atoms with Crippen LogP contribution >= 0.6 is 0 Å². The molecule has 0 aromatic heterocycles. The van der Waals surface area contributed by atoms with Crippen molar-refractivity contribution in [2.75, 3.05) is 13.2 Å². The van der Waals surface area contributed by atoms with E-state index in [-0.39, 0.29) is 11.4 Å². The smallest absolute Gasteiger partial charge is 0.333 e. The number of urea groups is 1. The van der Waals surface area contributed by atoms with Gasteiger partial charge in [-0.3, -0.25) is 4.84 Å². The molecule has 74 valence electrons. The van der Waals surface area contributed by atoms with E-state index in [2.05, 4.69) is 19.2 Å². The van der Waals surface area contributed by atoms with Crippen molar-refractivity contribution in [3.63, 3.8) is 0 Å². The number of hydrogen-bond donors (Lipinski definition) is 1. The van der Waals surface area contributed by atoms with Gasteiger partial charge in [0.1, 0.15) is 0 Å². The summed E-state index contributed by atoms with van der Waals surface area (Å²) >= 11 is 0. The summed E-state index contributed by atoms with van der Waals surface area (Å²) in [7, 11) is 0. The average molecular weight is 184 g/mol. The zero-order valence-electron chi connectivity index (χ0n) is 8.17. The van der Waals surface area contributed by atoms with Crippen molar-refractivity contribution in [1.82, 2.24) is 10.4 Å². The second-order valence-corrected chi connectivity index (χ2v) is 4.48. The first-order chi connectivity index (χ1) is 6.09. The normalized spacial score (nSPS) is 30.3. The quantitative estimate of drug-likeness (QED) is 0.663. The van der Waals surface area contributed by atoms with Gasteiger partial charge in [0.25, 0.3) is 0 Å². The number of carbonyl (C=O) groups excluding carboxylic acids is 1. The Morgan fingerprint density at radius 1 is 1.62 bits per heavy atom. The van der Waals surface area contributed by atoms with Crippen molar-refractivity contribution in [3.8, 4) is 0 Å². The SMILES string of the molecule is CC1(C)CC1NC(=O)N1CCCO1. The minimum absolute atomic E-state index is 0.0759. The summed E-state index contributed by atoms with van der Waals surface area (Å²) in [6.45, 7) is 5.70. The molecule has 1 unspecified atom stereocenters. The van der Waals surface area contributed by atoms with Gasteiger partial charge in [-0.05, 0) is 18.3 Å². The van der Waals surface area contributed by atoms with Crippen molar-refractivity contribution in [3.05, 3.63) is 0 Å². The van der Waals surface area contributed by atoms with Crippen molar-refractivity contribution in [2.45, 2.75) is 32.7 Å². The fourth-order valence-electron chi connectivity index (χ4n) is 1.54. The van der Waals surface area contributed by atoms with Crippen molar-refractivity contribution >= 4 is 6.03 Å². The van der Waals surface area contributed by atoms with Gasteiger partial charge in [-0.1, -0.05) is 13.8 Å². The molecule has 2 aliphatic rings. The maximum absolute atomic E-state index is 11.5. The third kappa shape index (κ3) is 1.77. The van der Waals surface area contributed by atoms with Gasteiger partial charge in [-0.25, -0.2) is 9.86 Å². The average Bonchev–Trinajstić information content (AvgIpc) is 2.58. The molecule has 2 rings (SSSR count). The summed E-state index contributed by atoms with van der Waals surface area (Å²) in [6.07, 6.45) is 2.02. The molecule has 1 aliphatic heterocycles. The van der Waals surface area contributed by atoms with E-state index in [1.807, 2.05) is 0 Å². The van der Waals surface area contributed by atoms with Crippen LogP contribution < -0.4 is 5.32 Å². The second-order valence-electron chi connectivity index (χ2n) is 4.48. The zero-order chi connectivity index (χ0) is 9.47. The first-order valence-corrected chi connectivity index (χ1v) is 4.80. The van der Waals surface area contributed by atoms with E-state index >= 15 is 0 Å². The first-order valence-electron chi connectivity index (χ1n) is 4.80. The number of hydroxylamine groups is 2. The number of carbonyl (C=O) groups is 1. The van der Waals surface area contributed by atoms with Crippen molar-refractivity contribution in [1.29, 1.82) is 0 Å². The second kappa shape index (κ2) is 2.87. The van der Waals surface area contributed by atoms with Gasteiger partial charge in [0, 0.05) is 6.04 Å². The van der Waals surface area contributed by atoms with Crippen LogP contribution in [0.1, 0.15) is 26.7 Å². The summed E-state index contributed by atoms with van der Waals surface area (Å²) in [5.74, 6) is 0. The molecule has 1 N–H and O–H groups in total. The van der Waals surface area contributed by atoms with E-state index in [1.54, 1.807) is 0 Å². The number of nitrogens with zero attached hydrogens (tertiary/aromatic N) is 1. The Morgan fingerprint density at radius 2 is 2.31 bits per heavy atom. The van der Waals surface area contributed by atoms with E-state index in [0.29, 0.717) is 12.6 Å². The zero-order valence-corrected chi connectivity index (χ0v) is 8.17. The maximum Gasteiger partial charge on any atom is 0.341 e. The van der Waals surface area contributed by atoms with E-state index in [9.17, 15) is 4.79 Å². The van der Waals surface area contributed by atoms with Gasteiger partial charge in [-0.2, -0.15) is 0 Å². The molecule has 1 aliphatic carbocycles.